The standard InChI is InChI=1S/C9H17N3S/c1-11(2)6-3-4-7-12-8-5-10-9(12)13/h5,8H,3-4,6-7H2,1-2H3,(H,10,13). The molecule has 0 spiro atoms. The second-order valence-electron chi connectivity index (χ2n) is 3.47. The van der Waals surface area contributed by atoms with Gasteiger partial charge in [-0.15, -0.1) is 0 Å². The zero-order valence-electron chi connectivity index (χ0n) is 8.29. The molecule has 0 aliphatic heterocycles. The van der Waals surface area contributed by atoms with E-state index in [0.717, 1.165) is 17.9 Å². The van der Waals surface area contributed by atoms with Crippen LogP contribution in [0.25, 0.3) is 0 Å². The van der Waals surface area contributed by atoms with Gasteiger partial charge >= 0.3 is 0 Å². The average Bonchev–Trinajstić information content (AvgIpc) is 2.45. The average molecular weight is 199 g/mol. The number of aromatic amines is 1. The lowest BCUT2D eigenvalue weighted by Gasteiger charge is -2.08. The highest BCUT2D eigenvalue weighted by molar-refractivity contribution is 7.71. The van der Waals surface area contributed by atoms with E-state index in [1.165, 1.54) is 12.8 Å². The maximum Gasteiger partial charge on any atom is 0.177 e. The molecule has 0 aromatic carbocycles. The monoisotopic (exact) mass is 199 g/mol. The number of aromatic nitrogens is 2. The molecule has 0 radical (unpaired) electrons. The molecule has 0 unspecified atom stereocenters. The van der Waals surface area contributed by atoms with E-state index < -0.39 is 0 Å². The lowest BCUT2D eigenvalue weighted by Crippen LogP contribution is -2.13. The van der Waals surface area contributed by atoms with Crippen molar-refractivity contribution in [3.8, 4) is 0 Å². The molecule has 4 heteroatoms. The molecule has 1 aromatic rings. The Morgan fingerprint density at radius 2 is 2.23 bits per heavy atom. The van der Waals surface area contributed by atoms with Crippen LogP contribution in [-0.4, -0.2) is 35.1 Å². The number of rotatable bonds is 5. The van der Waals surface area contributed by atoms with Gasteiger partial charge in [-0.25, -0.2) is 0 Å². The van der Waals surface area contributed by atoms with Gasteiger partial charge in [-0.3, -0.25) is 0 Å². The molecule has 0 bridgehead atoms. The maximum atomic E-state index is 5.08. The highest BCUT2D eigenvalue weighted by Gasteiger charge is 1.94. The molecular formula is C9H17N3S. The van der Waals surface area contributed by atoms with Gasteiger partial charge in [0, 0.05) is 18.9 Å². The van der Waals surface area contributed by atoms with E-state index in [0.29, 0.717) is 0 Å². The fourth-order valence-corrected chi connectivity index (χ4v) is 1.46. The minimum absolute atomic E-state index is 0.824. The van der Waals surface area contributed by atoms with Crippen LogP contribution < -0.4 is 0 Å². The first-order valence-corrected chi connectivity index (χ1v) is 4.99. The van der Waals surface area contributed by atoms with Crippen molar-refractivity contribution in [1.29, 1.82) is 0 Å². The summed E-state index contributed by atoms with van der Waals surface area (Å²) >= 11 is 5.08. The fourth-order valence-electron chi connectivity index (χ4n) is 1.24. The topological polar surface area (TPSA) is 24.0 Å². The van der Waals surface area contributed by atoms with Crippen LogP contribution in [0.1, 0.15) is 12.8 Å². The lowest BCUT2D eigenvalue weighted by atomic mass is 10.3. The van der Waals surface area contributed by atoms with E-state index in [9.17, 15) is 0 Å². The lowest BCUT2D eigenvalue weighted by molar-refractivity contribution is 0.387. The number of aryl methyl sites for hydroxylation is 1. The molecule has 0 aliphatic carbocycles. The van der Waals surface area contributed by atoms with E-state index >= 15 is 0 Å². The van der Waals surface area contributed by atoms with Crippen LogP contribution in [0.5, 0.6) is 0 Å². The molecule has 1 N–H and O–H groups in total. The molecule has 0 saturated carbocycles. The van der Waals surface area contributed by atoms with Gasteiger partial charge in [-0.1, -0.05) is 0 Å². The third kappa shape index (κ3) is 3.74. The summed E-state index contributed by atoms with van der Waals surface area (Å²) in [6.45, 7) is 2.17. The number of H-pyrrole nitrogens is 1. The molecule has 0 amide bonds. The summed E-state index contributed by atoms with van der Waals surface area (Å²) in [4.78, 5) is 5.19. The Labute approximate surface area is 84.4 Å². The summed E-state index contributed by atoms with van der Waals surface area (Å²) in [5.41, 5.74) is 0. The largest absolute Gasteiger partial charge is 0.337 e. The van der Waals surface area contributed by atoms with Gasteiger partial charge < -0.3 is 14.5 Å². The van der Waals surface area contributed by atoms with Crippen molar-refractivity contribution in [1.82, 2.24) is 14.5 Å². The first-order chi connectivity index (χ1) is 6.20. The van der Waals surface area contributed by atoms with E-state index in [1.54, 1.807) is 0 Å². The highest BCUT2D eigenvalue weighted by Crippen LogP contribution is 1.97. The summed E-state index contributed by atoms with van der Waals surface area (Å²) < 4.78 is 2.90. The number of nitrogens with zero attached hydrogens (tertiary/aromatic N) is 2. The quantitative estimate of drug-likeness (QED) is 0.578. The van der Waals surface area contributed by atoms with Gasteiger partial charge in [0.2, 0.25) is 0 Å². The van der Waals surface area contributed by atoms with Gasteiger partial charge in [0.15, 0.2) is 4.77 Å². The maximum absolute atomic E-state index is 5.08. The highest BCUT2D eigenvalue weighted by atomic mass is 32.1. The molecule has 3 nitrogen and oxygen atoms in total. The summed E-state index contributed by atoms with van der Waals surface area (Å²) in [6.07, 6.45) is 6.29. The Bertz CT molecular complexity index is 287. The number of hydrogen-bond donors (Lipinski definition) is 1. The molecular weight excluding hydrogens is 182 g/mol. The van der Waals surface area contributed by atoms with E-state index in [-0.39, 0.29) is 0 Å². The Hall–Kier alpha value is -0.610. The van der Waals surface area contributed by atoms with E-state index in [4.69, 9.17) is 12.2 Å². The van der Waals surface area contributed by atoms with Crippen LogP contribution >= 0.6 is 12.2 Å². The van der Waals surface area contributed by atoms with Gasteiger partial charge in [0.25, 0.3) is 0 Å². The van der Waals surface area contributed by atoms with Gasteiger partial charge in [0.05, 0.1) is 0 Å². The zero-order chi connectivity index (χ0) is 9.68. The zero-order valence-corrected chi connectivity index (χ0v) is 9.10. The predicted molar refractivity (Wildman–Crippen MR) is 57.4 cm³/mol. The SMILES string of the molecule is CN(C)CCCCn1cc[nH]c1=S. The molecule has 0 aliphatic rings. The summed E-state index contributed by atoms with van der Waals surface area (Å²) in [5.74, 6) is 0. The summed E-state index contributed by atoms with van der Waals surface area (Å²) in [6, 6.07) is 0. The van der Waals surface area contributed by atoms with Crippen LogP contribution in [0.3, 0.4) is 0 Å². The minimum atomic E-state index is 0.824. The molecule has 1 aromatic heterocycles. The second-order valence-corrected chi connectivity index (χ2v) is 3.86. The Morgan fingerprint density at radius 3 is 2.77 bits per heavy atom. The molecule has 1 rings (SSSR count). The number of imidazole rings is 1. The molecule has 0 atom stereocenters. The van der Waals surface area contributed by atoms with Crippen molar-refractivity contribution in [2.45, 2.75) is 19.4 Å². The minimum Gasteiger partial charge on any atom is -0.337 e. The normalized spacial score (nSPS) is 11.0. The molecule has 13 heavy (non-hydrogen) atoms. The van der Waals surface area contributed by atoms with Crippen LogP contribution in [-0.2, 0) is 6.54 Å². The van der Waals surface area contributed by atoms with Crippen LogP contribution in [0.15, 0.2) is 12.4 Å². The first-order valence-electron chi connectivity index (χ1n) is 4.58. The second kappa shape index (κ2) is 5.19. The number of nitrogens with one attached hydrogen (secondary N) is 1. The number of unbranched alkanes of at least 4 members (excludes halogenated alkanes) is 1. The summed E-state index contributed by atoms with van der Waals surface area (Å²) in [7, 11) is 4.20. The smallest absolute Gasteiger partial charge is 0.177 e. The van der Waals surface area contributed by atoms with Gasteiger partial charge in [0.1, 0.15) is 0 Å². The summed E-state index contributed by atoms with van der Waals surface area (Å²) in [5, 5.41) is 0. The molecule has 74 valence electrons. The number of hydrogen-bond acceptors (Lipinski definition) is 2. The molecule has 0 fully saturated rings. The van der Waals surface area contributed by atoms with Crippen LogP contribution in [0, 0.1) is 4.77 Å². The Balaban J connectivity index is 2.21. The van der Waals surface area contributed by atoms with Crippen molar-refractivity contribution >= 4 is 12.2 Å². The Morgan fingerprint density at radius 1 is 1.46 bits per heavy atom. The van der Waals surface area contributed by atoms with E-state index in [1.807, 2.05) is 12.4 Å². The van der Waals surface area contributed by atoms with Crippen molar-refractivity contribution in [3.05, 3.63) is 17.2 Å². The first kappa shape index (κ1) is 10.5. The van der Waals surface area contributed by atoms with Gasteiger partial charge in [-0.2, -0.15) is 0 Å². The third-order valence-electron chi connectivity index (χ3n) is 1.98. The molecule has 0 saturated heterocycles. The van der Waals surface area contributed by atoms with Crippen LogP contribution in [0.4, 0.5) is 0 Å². The molecule has 1 heterocycles. The van der Waals surface area contributed by atoms with Crippen molar-refractivity contribution < 1.29 is 0 Å². The third-order valence-corrected chi connectivity index (χ3v) is 2.33. The fraction of sp³-hybridized carbons (Fsp3) is 0.667. The van der Waals surface area contributed by atoms with E-state index in [2.05, 4.69) is 28.5 Å². The van der Waals surface area contributed by atoms with Crippen molar-refractivity contribution in [2.24, 2.45) is 0 Å². The van der Waals surface area contributed by atoms with Crippen molar-refractivity contribution in [3.63, 3.8) is 0 Å². The van der Waals surface area contributed by atoms with Crippen molar-refractivity contribution in [2.75, 3.05) is 20.6 Å². The van der Waals surface area contributed by atoms with Gasteiger partial charge in [-0.05, 0) is 45.7 Å². The predicted octanol–water partition coefficient (Wildman–Crippen LogP) is 1.89. The van der Waals surface area contributed by atoms with Crippen LogP contribution in [0.2, 0.25) is 0 Å². The Kier molecular flexibility index (Phi) is 4.18.